The molecule has 0 bridgehead atoms. The first kappa shape index (κ1) is 18.5. The molecule has 0 heterocycles. The van der Waals surface area contributed by atoms with Crippen molar-refractivity contribution in [2.75, 3.05) is 0 Å². The third-order valence-corrected chi connectivity index (χ3v) is 17.4. The molecule has 0 aliphatic heterocycles. The minimum Gasteiger partial charge on any atom is -0.508 e. The minimum atomic E-state index is -1.41. The first-order chi connectivity index (χ1) is 9.97. The minimum absolute atomic E-state index is 0.502. The van der Waals surface area contributed by atoms with E-state index in [9.17, 15) is 5.11 Å². The molecule has 21 heavy (non-hydrogen) atoms. The molecule has 3 heteroatoms. The Hall–Kier alpha value is -0.546. The number of benzene rings is 1. The SMILES string of the molecule is CC[Si](CC)(CC)c1cc(O)cc([Si](CC)(CC)CC)c1. The fraction of sp³-hybridized carbons (Fsp3) is 0.667. The number of hydrogen-bond donors (Lipinski definition) is 1. The Kier molecular flexibility index (Phi) is 6.73. The van der Waals surface area contributed by atoms with E-state index in [1.807, 2.05) is 0 Å². The quantitative estimate of drug-likeness (QED) is 0.680. The van der Waals surface area contributed by atoms with E-state index in [0.29, 0.717) is 5.75 Å². The van der Waals surface area contributed by atoms with Crippen molar-refractivity contribution in [1.29, 1.82) is 0 Å². The lowest BCUT2D eigenvalue weighted by Gasteiger charge is -2.33. The van der Waals surface area contributed by atoms with E-state index in [0.717, 1.165) is 0 Å². The molecule has 1 nitrogen and oxygen atoms in total. The number of rotatable bonds is 8. The van der Waals surface area contributed by atoms with Gasteiger partial charge in [-0.1, -0.05) is 94.2 Å². The highest BCUT2D eigenvalue weighted by Crippen LogP contribution is 2.25. The first-order valence-corrected chi connectivity index (χ1v) is 14.1. The number of aromatic hydroxyl groups is 1. The highest BCUT2D eigenvalue weighted by Gasteiger charge is 2.34. The summed E-state index contributed by atoms with van der Waals surface area (Å²) in [6.45, 7) is 14.0. The second-order valence-electron chi connectivity index (χ2n) is 6.45. The van der Waals surface area contributed by atoms with Crippen molar-refractivity contribution in [2.45, 2.75) is 77.8 Å². The van der Waals surface area contributed by atoms with Crippen LogP contribution in [-0.4, -0.2) is 21.3 Å². The molecular weight excluding hydrogens is 288 g/mol. The summed E-state index contributed by atoms with van der Waals surface area (Å²) >= 11 is 0. The molecule has 0 unspecified atom stereocenters. The van der Waals surface area contributed by atoms with Crippen molar-refractivity contribution in [2.24, 2.45) is 0 Å². The molecule has 0 aromatic heterocycles. The molecule has 0 amide bonds. The van der Waals surface area contributed by atoms with E-state index in [4.69, 9.17) is 0 Å². The van der Waals surface area contributed by atoms with Gasteiger partial charge in [0.2, 0.25) is 0 Å². The van der Waals surface area contributed by atoms with Crippen LogP contribution in [0, 0.1) is 0 Å². The normalized spacial score (nSPS) is 12.7. The number of hydrogen-bond acceptors (Lipinski definition) is 1. The van der Waals surface area contributed by atoms with Crippen LogP contribution in [0.25, 0.3) is 0 Å². The molecule has 0 aliphatic carbocycles. The maximum absolute atomic E-state index is 10.3. The summed E-state index contributed by atoms with van der Waals surface area (Å²) in [5.41, 5.74) is 0. The lowest BCUT2D eigenvalue weighted by molar-refractivity contribution is 0.476. The van der Waals surface area contributed by atoms with Gasteiger partial charge in [-0.05, 0) is 12.1 Å². The second kappa shape index (κ2) is 7.64. The van der Waals surface area contributed by atoms with E-state index in [1.54, 1.807) is 0 Å². The van der Waals surface area contributed by atoms with E-state index in [2.05, 4.69) is 59.7 Å². The van der Waals surface area contributed by atoms with Gasteiger partial charge < -0.3 is 5.11 Å². The van der Waals surface area contributed by atoms with Gasteiger partial charge in [0, 0.05) is 0 Å². The lowest BCUT2D eigenvalue weighted by Crippen LogP contribution is -2.51. The van der Waals surface area contributed by atoms with Gasteiger partial charge in [0.25, 0.3) is 0 Å². The Morgan fingerprint density at radius 3 is 1.14 bits per heavy atom. The fourth-order valence-electron chi connectivity index (χ4n) is 3.95. The fourth-order valence-corrected chi connectivity index (χ4v) is 11.4. The van der Waals surface area contributed by atoms with Gasteiger partial charge in [-0.15, -0.1) is 0 Å². The summed E-state index contributed by atoms with van der Waals surface area (Å²) in [6.07, 6.45) is 0. The van der Waals surface area contributed by atoms with Crippen molar-refractivity contribution in [3.63, 3.8) is 0 Å². The van der Waals surface area contributed by atoms with E-state index in [1.165, 1.54) is 46.6 Å². The molecule has 0 radical (unpaired) electrons. The molecule has 0 atom stereocenters. The van der Waals surface area contributed by atoms with Crippen LogP contribution in [0.3, 0.4) is 0 Å². The summed E-state index contributed by atoms with van der Waals surface area (Å²) in [4.78, 5) is 0. The maximum atomic E-state index is 10.3. The maximum Gasteiger partial charge on any atom is 0.115 e. The van der Waals surface area contributed by atoms with Crippen LogP contribution >= 0.6 is 0 Å². The smallest absolute Gasteiger partial charge is 0.115 e. The van der Waals surface area contributed by atoms with E-state index >= 15 is 0 Å². The van der Waals surface area contributed by atoms with Gasteiger partial charge in [-0.25, -0.2) is 0 Å². The largest absolute Gasteiger partial charge is 0.508 e. The standard InChI is InChI=1S/C18H34OSi2/c1-7-20(8-2,9-3)17-13-16(19)14-18(15-17)21(10-4,11-5)12-6/h13-15,19H,7-12H2,1-6H3. The van der Waals surface area contributed by atoms with Crippen LogP contribution in [0.5, 0.6) is 5.75 Å². The van der Waals surface area contributed by atoms with Crippen LogP contribution < -0.4 is 10.4 Å². The van der Waals surface area contributed by atoms with Gasteiger partial charge in [-0.2, -0.15) is 0 Å². The molecule has 1 rings (SSSR count). The van der Waals surface area contributed by atoms with Crippen LogP contribution in [0.1, 0.15) is 41.5 Å². The highest BCUT2D eigenvalue weighted by molar-refractivity contribution is 6.94. The summed E-state index contributed by atoms with van der Waals surface area (Å²) in [6, 6.07) is 14.3. The predicted molar refractivity (Wildman–Crippen MR) is 102 cm³/mol. The summed E-state index contributed by atoms with van der Waals surface area (Å²) in [5.74, 6) is 0.502. The molecule has 0 fully saturated rings. The zero-order valence-electron chi connectivity index (χ0n) is 14.9. The van der Waals surface area contributed by atoms with Gasteiger partial charge in [-0.3, -0.25) is 0 Å². The number of phenols is 1. The zero-order chi connectivity index (χ0) is 16.1. The Labute approximate surface area is 133 Å². The molecule has 0 spiro atoms. The lowest BCUT2D eigenvalue weighted by atomic mass is 10.3. The van der Waals surface area contributed by atoms with Crippen molar-refractivity contribution in [1.82, 2.24) is 0 Å². The van der Waals surface area contributed by atoms with Crippen LogP contribution in [0.4, 0.5) is 0 Å². The predicted octanol–water partition coefficient (Wildman–Crippen LogP) is 4.82. The Morgan fingerprint density at radius 1 is 0.619 bits per heavy atom. The van der Waals surface area contributed by atoms with Crippen molar-refractivity contribution in [3.05, 3.63) is 18.2 Å². The van der Waals surface area contributed by atoms with Crippen LogP contribution in [-0.2, 0) is 0 Å². The van der Waals surface area contributed by atoms with E-state index < -0.39 is 16.1 Å². The first-order valence-electron chi connectivity index (χ1n) is 8.82. The highest BCUT2D eigenvalue weighted by atomic mass is 28.3. The molecule has 0 saturated carbocycles. The van der Waals surface area contributed by atoms with Gasteiger partial charge in [0.05, 0.1) is 16.1 Å². The molecular formula is C18H34OSi2. The zero-order valence-corrected chi connectivity index (χ0v) is 16.9. The third kappa shape index (κ3) is 3.45. The molecule has 0 saturated heterocycles. The molecule has 120 valence electrons. The molecule has 1 N–H and O–H groups in total. The van der Waals surface area contributed by atoms with Gasteiger partial charge in [0.1, 0.15) is 5.75 Å². The molecule has 0 aliphatic rings. The average molecular weight is 323 g/mol. The number of phenolic OH excluding ortho intramolecular Hbond substituents is 1. The second-order valence-corrected chi connectivity index (χ2v) is 17.0. The Balaban J connectivity index is 3.46. The summed E-state index contributed by atoms with van der Waals surface area (Å²) < 4.78 is 0. The summed E-state index contributed by atoms with van der Waals surface area (Å²) in [7, 11) is -2.82. The Bertz CT molecular complexity index is 394. The van der Waals surface area contributed by atoms with Crippen molar-refractivity contribution < 1.29 is 5.11 Å². The molecule has 1 aromatic carbocycles. The average Bonchev–Trinajstić information content (AvgIpc) is 2.52. The summed E-state index contributed by atoms with van der Waals surface area (Å²) in [5, 5.41) is 13.3. The van der Waals surface area contributed by atoms with Crippen LogP contribution in [0.15, 0.2) is 18.2 Å². The van der Waals surface area contributed by atoms with Crippen LogP contribution in [0.2, 0.25) is 36.3 Å². The van der Waals surface area contributed by atoms with Crippen molar-refractivity contribution >= 4 is 26.5 Å². The van der Waals surface area contributed by atoms with E-state index in [-0.39, 0.29) is 0 Å². The molecule has 1 aromatic rings. The monoisotopic (exact) mass is 322 g/mol. The van der Waals surface area contributed by atoms with Gasteiger partial charge in [0.15, 0.2) is 0 Å². The Morgan fingerprint density at radius 2 is 0.905 bits per heavy atom. The third-order valence-electron chi connectivity index (χ3n) is 6.20. The van der Waals surface area contributed by atoms with Crippen molar-refractivity contribution in [3.8, 4) is 5.75 Å². The van der Waals surface area contributed by atoms with Gasteiger partial charge >= 0.3 is 0 Å². The topological polar surface area (TPSA) is 20.2 Å².